The lowest BCUT2D eigenvalue weighted by Crippen LogP contribution is -2.56. The predicted octanol–water partition coefficient (Wildman–Crippen LogP) is 7.84. The first kappa shape index (κ1) is 33.0. The zero-order valence-corrected chi connectivity index (χ0v) is 28.8. The van der Waals surface area contributed by atoms with E-state index in [0.717, 1.165) is 37.8 Å². The number of nitrogens with zero attached hydrogens (tertiary/aromatic N) is 2. The molecule has 0 amide bonds. The maximum absolute atomic E-state index is 8.63. The van der Waals surface area contributed by atoms with E-state index in [0.29, 0.717) is 11.5 Å². The number of aryl methyl sites for hydroxylation is 2. The van der Waals surface area contributed by atoms with Gasteiger partial charge in [-0.25, -0.2) is 0 Å². The molecule has 7 nitrogen and oxygen atoms in total. The molecular formula is C28H44N2O5Si4. The summed E-state index contributed by atoms with van der Waals surface area (Å²) in [5, 5.41) is 17.3. The third-order valence-electron chi connectivity index (χ3n) is 6.20. The van der Waals surface area contributed by atoms with E-state index in [-0.39, 0.29) is 0 Å². The van der Waals surface area contributed by atoms with Gasteiger partial charge in [0.05, 0.1) is 0 Å². The monoisotopic (exact) mass is 600 g/mol. The molecule has 0 fully saturated rings. The van der Waals surface area contributed by atoms with E-state index in [9.17, 15) is 0 Å². The van der Waals surface area contributed by atoms with Crippen LogP contribution in [-0.4, -0.2) is 33.8 Å². The molecule has 0 spiro atoms. The van der Waals surface area contributed by atoms with Crippen LogP contribution in [0.15, 0.2) is 48.5 Å². The van der Waals surface area contributed by atoms with Gasteiger partial charge in [0.1, 0.15) is 11.5 Å². The van der Waals surface area contributed by atoms with Crippen LogP contribution in [0.3, 0.4) is 0 Å². The van der Waals surface area contributed by atoms with Gasteiger partial charge in [-0.15, -0.1) is 10.5 Å². The van der Waals surface area contributed by atoms with E-state index in [2.05, 4.69) is 52.4 Å². The molecule has 0 atom stereocenters. The summed E-state index contributed by atoms with van der Waals surface area (Å²) in [5.74, 6) is 1.14. The maximum Gasteiger partial charge on any atom is 0.312 e. The Morgan fingerprint density at radius 3 is 1.18 bits per heavy atom. The van der Waals surface area contributed by atoms with Crippen molar-refractivity contribution in [2.45, 2.75) is 90.1 Å². The van der Waals surface area contributed by atoms with Crippen molar-refractivity contribution in [1.29, 1.82) is 10.5 Å². The van der Waals surface area contributed by atoms with Crippen molar-refractivity contribution in [3.8, 4) is 24.0 Å². The second kappa shape index (κ2) is 14.4. The Hall–Kier alpha value is -2.23. The van der Waals surface area contributed by atoms with Crippen LogP contribution in [0.2, 0.25) is 64.5 Å². The highest BCUT2D eigenvalue weighted by Gasteiger charge is 2.43. The molecule has 0 aliphatic rings. The molecule has 0 heterocycles. The Balaban J connectivity index is 1.81. The molecule has 0 aliphatic carbocycles. The SMILES string of the molecule is C[Si](C)(CCCc1ccc(OC#N)cc1)O[Si](C)(C)O[Si](C)(C)O[Si](C)(C)CCCc1ccc(OC#N)cc1. The lowest BCUT2D eigenvalue weighted by Gasteiger charge is -2.41. The average molecular weight is 601 g/mol. The first-order chi connectivity index (χ1) is 18.1. The van der Waals surface area contributed by atoms with Gasteiger partial charge < -0.3 is 21.8 Å². The van der Waals surface area contributed by atoms with Crippen LogP contribution in [0, 0.1) is 23.0 Å². The van der Waals surface area contributed by atoms with Crippen molar-refractivity contribution in [1.82, 2.24) is 0 Å². The quantitative estimate of drug-likeness (QED) is 0.143. The predicted molar refractivity (Wildman–Crippen MR) is 165 cm³/mol. The summed E-state index contributed by atoms with van der Waals surface area (Å²) in [4.78, 5) is 0. The Kier molecular flexibility index (Phi) is 12.2. The van der Waals surface area contributed by atoms with Crippen LogP contribution >= 0.6 is 0 Å². The highest BCUT2D eigenvalue weighted by Crippen LogP contribution is 2.28. The van der Waals surface area contributed by atoms with Gasteiger partial charge in [-0.2, -0.15) is 0 Å². The summed E-state index contributed by atoms with van der Waals surface area (Å²) in [6.45, 7) is 17.7. The third kappa shape index (κ3) is 13.1. The number of nitriles is 2. The molecule has 0 unspecified atom stereocenters. The van der Waals surface area contributed by atoms with Crippen molar-refractivity contribution >= 4 is 33.8 Å². The molecule has 0 radical (unpaired) electrons. The first-order valence-corrected chi connectivity index (χ1v) is 25.4. The zero-order chi connectivity index (χ0) is 29.2. The standard InChI is InChI=1S/C28H44N2O5Si4/c1-36(2,21-9-11-25-13-17-27(18-14-25)31-23-29)33-38(5,6)35-39(7,8)34-37(3,4)22-10-12-26-15-19-28(20-16-26)32-24-30/h13-20H,9-12,21-22H2,1-8H3. The fraction of sp³-hybridized carbons (Fsp3) is 0.500. The molecule has 2 aromatic rings. The molecule has 2 rings (SSSR count). The number of hydrogen-bond donors (Lipinski definition) is 0. The van der Waals surface area contributed by atoms with Crippen LogP contribution in [-0.2, 0) is 25.2 Å². The van der Waals surface area contributed by atoms with Crippen LogP contribution in [0.5, 0.6) is 11.5 Å². The van der Waals surface area contributed by atoms with Gasteiger partial charge in [0, 0.05) is 0 Å². The summed E-state index contributed by atoms with van der Waals surface area (Å²) in [6, 6.07) is 17.5. The highest BCUT2D eigenvalue weighted by molar-refractivity contribution is 6.89. The second-order valence-electron chi connectivity index (χ2n) is 12.0. The molecule has 0 aliphatic heterocycles. The molecule has 0 aromatic heterocycles. The lowest BCUT2D eigenvalue weighted by atomic mass is 10.1. The summed E-state index contributed by atoms with van der Waals surface area (Å²) in [5.41, 5.74) is 2.47. The number of benzene rings is 2. The van der Waals surface area contributed by atoms with E-state index >= 15 is 0 Å². The van der Waals surface area contributed by atoms with Gasteiger partial charge in [0.25, 0.3) is 12.5 Å². The molecule has 11 heteroatoms. The highest BCUT2D eigenvalue weighted by atomic mass is 28.5. The summed E-state index contributed by atoms with van der Waals surface area (Å²) < 4.78 is 30.0. The van der Waals surface area contributed by atoms with Gasteiger partial charge in [-0.05, 0) is 126 Å². The van der Waals surface area contributed by atoms with Gasteiger partial charge in [0.15, 0.2) is 16.6 Å². The van der Waals surface area contributed by atoms with Gasteiger partial charge in [-0.1, -0.05) is 24.3 Å². The van der Waals surface area contributed by atoms with Crippen molar-refractivity contribution < 1.29 is 21.8 Å². The summed E-state index contributed by atoms with van der Waals surface area (Å²) in [6.07, 6.45) is 7.44. The number of rotatable bonds is 16. The first-order valence-electron chi connectivity index (χ1n) is 13.5. The molecule has 0 bridgehead atoms. The smallest absolute Gasteiger partial charge is 0.312 e. The maximum atomic E-state index is 8.63. The summed E-state index contributed by atoms with van der Waals surface area (Å²) in [7, 11) is -8.60. The van der Waals surface area contributed by atoms with E-state index < -0.39 is 33.8 Å². The third-order valence-corrected chi connectivity index (χ3v) is 21.6. The van der Waals surface area contributed by atoms with E-state index in [1.807, 2.05) is 48.5 Å². The minimum Gasteiger partial charge on any atom is -0.436 e. The molecule has 0 N–H and O–H groups in total. The molecule has 2 aromatic carbocycles. The topological polar surface area (TPSA) is 93.7 Å². The van der Waals surface area contributed by atoms with Crippen molar-refractivity contribution in [3.05, 3.63) is 59.7 Å². The normalized spacial score (nSPS) is 12.5. The van der Waals surface area contributed by atoms with Crippen LogP contribution < -0.4 is 9.47 Å². The van der Waals surface area contributed by atoms with Crippen LogP contribution in [0.4, 0.5) is 0 Å². The molecule has 0 saturated carbocycles. The second-order valence-corrected chi connectivity index (χ2v) is 28.1. The number of hydrogen-bond acceptors (Lipinski definition) is 7. The fourth-order valence-electron chi connectivity index (χ4n) is 5.06. The average Bonchev–Trinajstić information content (AvgIpc) is 2.79. The van der Waals surface area contributed by atoms with Gasteiger partial charge >= 0.3 is 17.1 Å². The zero-order valence-electron chi connectivity index (χ0n) is 24.8. The Morgan fingerprint density at radius 1 is 0.538 bits per heavy atom. The molecule has 0 saturated heterocycles. The minimum atomic E-state index is -2.38. The van der Waals surface area contributed by atoms with Gasteiger partial charge in [-0.3, -0.25) is 0 Å². The lowest BCUT2D eigenvalue weighted by molar-refractivity contribution is 0.327. The molecule has 39 heavy (non-hydrogen) atoms. The van der Waals surface area contributed by atoms with Crippen molar-refractivity contribution in [2.24, 2.45) is 0 Å². The summed E-state index contributed by atoms with van der Waals surface area (Å²) >= 11 is 0. The molecule has 212 valence electrons. The number of ether oxygens (including phenoxy) is 2. The van der Waals surface area contributed by atoms with E-state index in [1.165, 1.54) is 11.1 Å². The van der Waals surface area contributed by atoms with Crippen LogP contribution in [0.25, 0.3) is 0 Å². The largest absolute Gasteiger partial charge is 0.436 e. The van der Waals surface area contributed by atoms with E-state index in [4.69, 9.17) is 32.3 Å². The van der Waals surface area contributed by atoms with Crippen molar-refractivity contribution in [3.63, 3.8) is 0 Å². The molecular weight excluding hydrogens is 557 g/mol. The fourth-order valence-corrected chi connectivity index (χ4v) is 24.4. The minimum absolute atomic E-state index is 0.572. The van der Waals surface area contributed by atoms with Gasteiger partial charge in [0.2, 0.25) is 0 Å². The Labute approximate surface area is 239 Å². The Morgan fingerprint density at radius 2 is 0.872 bits per heavy atom. The Bertz CT molecular complexity index is 1040. The van der Waals surface area contributed by atoms with Crippen LogP contribution in [0.1, 0.15) is 24.0 Å². The van der Waals surface area contributed by atoms with Crippen molar-refractivity contribution in [2.75, 3.05) is 0 Å². The van der Waals surface area contributed by atoms with E-state index in [1.54, 1.807) is 12.5 Å².